The number of anilines is 3. The summed E-state index contributed by atoms with van der Waals surface area (Å²) in [6, 6.07) is 5.63. The molecule has 0 radical (unpaired) electrons. The fraction of sp³-hybridized carbons (Fsp3) is 0.500. The number of rotatable bonds is 5. The molecule has 0 saturated heterocycles. The average Bonchev–Trinajstić information content (AvgIpc) is 2.62. The van der Waals surface area contributed by atoms with Crippen molar-refractivity contribution in [3.8, 4) is 0 Å². The number of benzene rings is 1. The van der Waals surface area contributed by atoms with E-state index in [0.29, 0.717) is 5.69 Å². The molecule has 4 saturated carbocycles. The number of nitrogens with zero attached hydrogens (tertiary/aromatic N) is 3. The van der Waals surface area contributed by atoms with Crippen LogP contribution in [0, 0.1) is 33.7 Å². The molecule has 1 heterocycles. The summed E-state index contributed by atoms with van der Waals surface area (Å²) < 4.78 is 13.1. The molecule has 0 spiro atoms. The first kappa shape index (κ1) is 17.3. The lowest BCUT2D eigenvalue weighted by Gasteiger charge is -2.57. The average molecular weight is 383 g/mol. The maximum absolute atomic E-state index is 13.1. The minimum atomic E-state index is -0.450. The maximum atomic E-state index is 13.1. The summed E-state index contributed by atoms with van der Waals surface area (Å²) in [6.07, 6.45) is 8.39. The van der Waals surface area contributed by atoms with E-state index in [4.69, 9.17) is 0 Å². The topological polar surface area (TPSA) is 93.0 Å². The summed E-state index contributed by atoms with van der Waals surface area (Å²) in [6.45, 7) is 0. The van der Waals surface area contributed by atoms with Gasteiger partial charge >= 0.3 is 5.69 Å². The Morgan fingerprint density at radius 2 is 1.57 bits per heavy atom. The van der Waals surface area contributed by atoms with Crippen molar-refractivity contribution in [2.45, 2.75) is 44.1 Å². The highest BCUT2D eigenvalue weighted by atomic mass is 19.1. The zero-order chi connectivity index (χ0) is 19.3. The quantitative estimate of drug-likeness (QED) is 0.577. The van der Waals surface area contributed by atoms with Crippen molar-refractivity contribution in [3.63, 3.8) is 0 Å². The fourth-order valence-corrected chi connectivity index (χ4v) is 5.92. The van der Waals surface area contributed by atoms with Gasteiger partial charge in [0.05, 0.1) is 4.92 Å². The third kappa shape index (κ3) is 3.06. The molecule has 0 aliphatic heterocycles. The number of nitro groups is 1. The van der Waals surface area contributed by atoms with E-state index in [1.807, 2.05) is 0 Å². The highest BCUT2D eigenvalue weighted by Crippen LogP contribution is 2.57. The second kappa shape index (κ2) is 6.39. The number of hydrogen-bond donors (Lipinski definition) is 2. The molecule has 1 aromatic carbocycles. The van der Waals surface area contributed by atoms with E-state index in [1.54, 1.807) is 0 Å². The van der Waals surface area contributed by atoms with Gasteiger partial charge in [-0.1, -0.05) is 0 Å². The van der Waals surface area contributed by atoms with Crippen LogP contribution in [0.5, 0.6) is 0 Å². The van der Waals surface area contributed by atoms with Crippen LogP contribution in [0.15, 0.2) is 30.6 Å². The number of halogens is 1. The van der Waals surface area contributed by atoms with Crippen LogP contribution in [0.25, 0.3) is 0 Å². The molecule has 4 aliphatic carbocycles. The zero-order valence-electron chi connectivity index (χ0n) is 15.4. The normalized spacial score (nSPS) is 30.2. The molecule has 28 heavy (non-hydrogen) atoms. The van der Waals surface area contributed by atoms with E-state index in [2.05, 4.69) is 20.6 Å². The van der Waals surface area contributed by atoms with Crippen LogP contribution in [0.2, 0.25) is 0 Å². The Balaban J connectivity index is 1.46. The van der Waals surface area contributed by atoms with Gasteiger partial charge in [-0.05, 0) is 80.5 Å². The largest absolute Gasteiger partial charge is 0.359 e. The zero-order valence-corrected chi connectivity index (χ0v) is 15.4. The molecule has 2 N–H and O–H groups in total. The Morgan fingerprint density at radius 3 is 2.14 bits per heavy atom. The molecule has 6 rings (SSSR count). The molecule has 2 aromatic rings. The van der Waals surface area contributed by atoms with E-state index < -0.39 is 4.92 Å². The van der Waals surface area contributed by atoms with Crippen molar-refractivity contribution in [2.24, 2.45) is 17.8 Å². The Labute approximate surface area is 161 Å². The third-order valence-electron chi connectivity index (χ3n) is 6.53. The molecule has 0 unspecified atom stereocenters. The standard InChI is InChI=1S/C20H22FN5O2/c21-15-1-3-16(4-2-15)24-18-17(26(27)28)19(23-11-22-18)25-20-8-12-5-13(9-20)7-14(6-12)10-20/h1-4,11-14H,5-10H2,(H2,22,23,24,25). The van der Waals surface area contributed by atoms with Crippen LogP contribution >= 0.6 is 0 Å². The Kier molecular flexibility index (Phi) is 3.96. The Bertz CT molecular complexity index is 882. The third-order valence-corrected chi connectivity index (χ3v) is 6.53. The van der Waals surface area contributed by atoms with E-state index >= 15 is 0 Å². The second-order valence-electron chi connectivity index (χ2n) is 8.63. The first-order valence-electron chi connectivity index (χ1n) is 9.80. The predicted octanol–water partition coefficient (Wildman–Crippen LogP) is 4.65. The van der Waals surface area contributed by atoms with Gasteiger partial charge in [0.2, 0.25) is 11.6 Å². The molecule has 4 bridgehead atoms. The molecule has 0 amide bonds. The van der Waals surface area contributed by atoms with Gasteiger partial charge in [-0.15, -0.1) is 0 Å². The summed E-state index contributed by atoms with van der Waals surface area (Å²) in [5.41, 5.74) is 0.271. The van der Waals surface area contributed by atoms with Gasteiger partial charge in [0, 0.05) is 11.2 Å². The van der Waals surface area contributed by atoms with Gasteiger partial charge < -0.3 is 10.6 Å². The van der Waals surface area contributed by atoms with E-state index in [9.17, 15) is 14.5 Å². The monoisotopic (exact) mass is 383 g/mol. The number of hydrogen-bond acceptors (Lipinski definition) is 6. The van der Waals surface area contributed by atoms with E-state index in [0.717, 1.165) is 37.0 Å². The minimum absolute atomic E-state index is 0.0962. The van der Waals surface area contributed by atoms with Crippen molar-refractivity contribution in [1.82, 2.24) is 9.97 Å². The molecule has 8 heteroatoms. The Morgan fingerprint density at radius 1 is 1.00 bits per heavy atom. The van der Waals surface area contributed by atoms with Crippen LogP contribution < -0.4 is 10.6 Å². The predicted molar refractivity (Wildman–Crippen MR) is 103 cm³/mol. The first-order chi connectivity index (χ1) is 13.5. The Hall–Kier alpha value is -2.77. The summed E-state index contributed by atoms with van der Waals surface area (Å²) in [5.74, 6) is 2.17. The second-order valence-corrected chi connectivity index (χ2v) is 8.63. The van der Waals surface area contributed by atoms with Crippen LogP contribution in [0.1, 0.15) is 38.5 Å². The molecular formula is C20H22FN5O2. The molecule has 0 atom stereocenters. The highest BCUT2D eigenvalue weighted by molar-refractivity contribution is 5.74. The van der Waals surface area contributed by atoms with Crippen molar-refractivity contribution < 1.29 is 9.31 Å². The van der Waals surface area contributed by atoms with E-state index in [-0.39, 0.29) is 28.7 Å². The minimum Gasteiger partial charge on any atom is -0.359 e. The van der Waals surface area contributed by atoms with Crippen LogP contribution in [-0.4, -0.2) is 20.4 Å². The fourth-order valence-electron chi connectivity index (χ4n) is 5.92. The lowest BCUT2D eigenvalue weighted by Crippen LogP contribution is -2.55. The van der Waals surface area contributed by atoms with Gasteiger partial charge in [0.1, 0.15) is 12.1 Å². The SMILES string of the molecule is O=[N+]([O-])c1c(Nc2ccc(F)cc2)ncnc1NC12CC3CC(CC(C3)C1)C2. The van der Waals surface area contributed by atoms with Crippen molar-refractivity contribution in [3.05, 3.63) is 46.5 Å². The lowest BCUT2D eigenvalue weighted by molar-refractivity contribution is -0.383. The van der Waals surface area contributed by atoms with Crippen molar-refractivity contribution in [2.75, 3.05) is 10.6 Å². The van der Waals surface area contributed by atoms with Gasteiger partial charge in [-0.25, -0.2) is 14.4 Å². The molecule has 146 valence electrons. The van der Waals surface area contributed by atoms with Gasteiger partial charge in [-0.2, -0.15) is 0 Å². The maximum Gasteiger partial charge on any atom is 0.353 e. The van der Waals surface area contributed by atoms with Gasteiger partial charge in [0.15, 0.2) is 0 Å². The van der Waals surface area contributed by atoms with Gasteiger partial charge in [0.25, 0.3) is 0 Å². The smallest absolute Gasteiger partial charge is 0.353 e. The summed E-state index contributed by atoms with van der Waals surface area (Å²) >= 11 is 0. The molecule has 1 aromatic heterocycles. The van der Waals surface area contributed by atoms with Crippen molar-refractivity contribution in [1.29, 1.82) is 0 Å². The number of aromatic nitrogens is 2. The van der Waals surface area contributed by atoms with Crippen LogP contribution in [0.4, 0.5) is 27.4 Å². The summed E-state index contributed by atoms with van der Waals surface area (Å²) in [5, 5.41) is 18.3. The molecule has 4 fully saturated rings. The summed E-state index contributed by atoms with van der Waals surface area (Å²) in [4.78, 5) is 19.7. The summed E-state index contributed by atoms with van der Waals surface area (Å²) in [7, 11) is 0. The number of nitrogens with one attached hydrogen (secondary N) is 2. The molecular weight excluding hydrogens is 361 g/mol. The van der Waals surface area contributed by atoms with Crippen molar-refractivity contribution >= 4 is 23.0 Å². The van der Waals surface area contributed by atoms with Crippen LogP contribution in [-0.2, 0) is 0 Å². The van der Waals surface area contributed by atoms with Crippen LogP contribution in [0.3, 0.4) is 0 Å². The van der Waals surface area contributed by atoms with Gasteiger partial charge in [-0.3, -0.25) is 10.1 Å². The first-order valence-corrected chi connectivity index (χ1v) is 9.80. The molecule has 7 nitrogen and oxygen atoms in total. The molecule has 4 aliphatic rings. The van der Waals surface area contributed by atoms with E-state index in [1.165, 1.54) is 49.9 Å². The highest BCUT2D eigenvalue weighted by Gasteiger charge is 2.51. The lowest BCUT2D eigenvalue weighted by atomic mass is 9.53.